The molecule has 0 fully saturated rings. The molecule has 1 aromatic heterocycles. The number of aryl methyl sites for hydroxylation is 2. The van der Waals surface area contributed by atoms with Gasteiger partial charge in [0.1, 0.15) is 0 Å². The van der Waals surface area contributed by atoms with Gasteiger partial charge in [-0.05, 0) is 50.8 Å². The first-order valence-corrected chi connectivity index (χ1v) is 9.32. The zero-order chi connectivity index (χ0) is 18.6. The first-order chi connectivity index (χ1) is 11.8. The van der Waals surface area contributed by atoms with E-state index in [1.54, 1.807) is 24.3 Å². The predicted molar refractivity (Wildman–Crippen MR) is 102 cm³/mol. The summed E-state index contributed by atoms with van der Waals surface area (Å²) >= 11 is 1.54. The first kappa shape index (κ1) is 19.2. The number of hydrogen-bond acceptors (Lipinski definition) is 4. The SMILES string of the molecule is CCC(C)c1ccccc1NC(=O)C(C)OC(=O)c1cc(C)sc1C. The van der Waals surface area contributed by atoms with Gasteiger partial charge in [-0.3, -0.25) is 4.79 Å². The van der Waals surface area contributed by atoms with E-state index in [9.17, 15) is 9.59 Å². The zero-order valence-electron chi connectivity index (χ0n) is 15.4. The Bertz CT molecular complexity index is 766. The minimum absolute atomic E-state index is 0.325. The summed E-state index contributed by atoms with van der Waals surface area (Å²) in [5.74, 6) is -0.445. The number of nitrogens with one attached hydrogen (secondary N) is 1. The number of esters is 1. The molecule has 0 spiro atoms. The van der Waals surface area contributed by atoms with Gasteiger partial charge in [0.2, 0.25) is 0 Å². The molecule has 0 bridgehead atoms. The molecule has 1 aromatic carbocycles. The van der Waals surface area contributed by atoms with Crippen LogP contribution >= 0.6 is 11.3 Å². The maximum absolute atomic E-state index is 12.4. The van der Waals surface area contributed by atoms with Crippen molar-refractivity contribution in [2.75, 3.05) is 5.32 Å². The number of anilines is 1. The Morgan fingerprint density at radius 1 is 1.20 bits per heavy atom. The number of hydrogen-bond donors (Lipinski definition) is 1. The molecule has 2 atom stereocenters. The molecule has 2 rings (SSSR count). The van der Waals surface area contributed by atoms with Crippen LogP contribution in [0.2, 0.25) is 0 Å². The lowest BCUT2D eigenvalue weighted by Gasteiger charge is -2.18. The van der Waals surface area contributed by atoms with E-state index in [0.29, 0.717) is 11.5 Å². The number of benzene rings is 1. The van der Waals surface area contributed by atoms with Crippen LogP contribution < -0.4 is 5.32 Å². The van der Waals surface area contributed by atoms with Gasteiger partial charge in [-0.1, -0.05) is 32.0 Å². The monoisotopic (exact) mass is 359 g/mol. The normalized spacial score (nSPS) is 13.2. The number of thiophene rings is 1. The van der Waals surface area contributed by atoms with Crippen molar-refractivity contribution in [2.45, 2.75) is 53.1 Å². The largest absolute Gasteiger partial charge is 0.449 e. The molecule has 2 aromatic rings. The fourth-order valence-corrected chi connectivity index (χ4v) is 3.52. The van der Waals surface area contributed by atoms with Crippen LogP contribution in [-0.2, 0) is 9.53 Å². The summed E-state index contributed by atoms with van der Waals surface area (Å²) in [6, 6.07) is 9.53. The van der Waals surface area contributed by atoms with Gasteiger partial charge in [0.15, 0.2) is 6.10 Å². The maximum atomic E-state index is 12.4. The molecule has 1 N–H and O–H groups in total. The lowest BCUT2D eigenvalue weighted by atomic mass is 9.97. The van der Waals surface area contributed by atoms with Crippen molar-refractivity contribution in [1.82, 2.24) is 0 Å². The van der Waals surface area contributed by atoms with Crippen molar-refractivity contribution >= 4 is 28.9 Å². The van der Waals surface area contributed by atoms with Crippen molar-refractivity contribution < 1.29 is 14.3 Å². The van der Waals surface area contributed by atoms with Gasteiger partial charge in [-0.15, -0.1) is 11.3 Å². The Kier molecular flexibility index (Phi) is 6.37. The average molecular weight is 359 g/mol. The summed E-state index contributed by atoms with van der Waals surface area (Å²) in [6.45, 7) is 9.64. The summed E-state index contributed by atoms with van der Waals surface area (Å²) in [7, 11) is 0. The topological polar surface area (TPSA) is 55.4 Å². The summed E-state index contributed by atoms with van der Waals surface area (Å²) in [5.41, 5.74) is 2.38. The Morgan fingerprint density at radius 3 is 2.48 bits per heavy atom. The first-order valence-electron chi connectivity index (χ1n) is 8.51. The molecule has 25 heavy (non-hydrogen) atoms. The molecule has 4 nitrogen and oxygen atoms in total. The fourth-order valence-electron chi connectivity index (χ4n) is 2.61. The van der Waals surface area contributed by atoms with E-state index in [1.807, 2.05) is 38.1 Å². The Labute approximate surface area is 153 Å². The van der Waals surface area contributed by atoms with Gasteiger partial charge >= 0.3 is 5.97 Å². The maximum Gasteiger partial charge on any atom is 0.340 e. The van der Waals surface area contributed by atoms with Gasteiger partial charge in [-0.25, -0.2) is 4.79 Å². The summed E-state index contributed by atoms with van der Waals surface area (Å²) in [6.07, 6.45) is 0.117. The molecule has 0 radical (unpaired) electrons. The molecule has 2 unspecified atom stereocenters. The number of carbonyl (C=O) groups excluding carboxylic acids is 2. The highest BCUT2D eigenvalue weighted by atomic mass is 32.1. The van der Waals surface area contributed by atoms with Crippen LogP contribution in [0.3, 0.4) is 0 Å². The summed E-state index contributed by atoms with van der Waals surface area (Å²) in [5, 5.41) is 2.89. The van der Waals surface area contributed by atoms with E-state index in [2.05, 4.69) is 19.2 Å². The van der Waals surface area contributed by atoms with E-state index in [0.717, 1.165) is 27.4 Å². The van der Waals surface area contributed by atoms with E-state index in [1.165, 1.54) is 0 Å². The number of carbonyl (C=O) groups is 2. The molecule has 0 aliphatic heterocycles. The van der Waals surface area contributed by atoms with Crippen molar-refractivity contribution in [3.8, 4) is 0 Å². The fraction of sp³-hybridized carbons (Fsp3) is 0.400. The van der Waals surface area contributed by atoms with Crippen molar-refractivity contribution in [3.05, 3.63) is 51.2 Å². The van der Waals surface area contributed by atoms with Crippen LogP contribution in [0.4, 0.5) is 5.69 Å². The second-order valence-corrected chi connectivity index (χ2v) is 7.72. The van der Waals surface area contributed by atoms with Crippen LogP contribution in [0.5, 0.6) is 0 Å². The number of ether oxygens (including phenoxy) is 1. The highest BCUT2D eigenvalue weighted by Crippen LogP contribution is 2.27. The molecule has 0 aliphatic rings. The van der Waals surface area contributed by atoms with E-state index in [-0.39, 0.29) is 5.91 Å². The van der Waals surface area contributed by atoms with Crippen LogP contribution in [0, 0.1) is 13.8 Å². The van der Waals surface area contributed by atoms with Crippen LogP contribution in [0.15, 0.2) is 30.3 Å². The van der Waals surface area contributed by atoms with Gasteiger partial charge in [0.05, 0.1) is 5.56 Å². The smallest absolute Gasteiger partial charge is 0.340 e. The Morgan fingerprint density at radius 2 is 1.88 bits per heavy atom. The molecule has 0 saturated heterocycles. The zero-order valence-corrected chi connectivity index (χ0v) is 16.2. The van der Waals surface area contributed by atoms with Crippen LogP contribution in [-0.4, -0.2) is 18.0 Å². The lowest BCUT2D eigenvalue weighted by molar-refractivity contribution is -0.123. The van der Waals surface area contributed by atoms with Crippen molar-refractivity contribution in [1.29, 1.82) is 0 Å². The molecule has 0 saturated carbocycles. The minimum atomic E-state index is -0.864. The molecule has 134 valence electrons. The van der Waals surface area contributed by atoms with Crippen molar-refractivity contribution in [3.63, 3.8) is 0 Å². The van der Waals surface area contributed by atoms with E-state index >= 15 is 0 Å². The third-order valence-corrected chi connectivity index (χ3v) is 5.24. The molecular weight excluding hydrogens is 334 g/mol. The number of rotatable bonds is 6. The second-order valence-electron chi connectivity index (χ2n) is 6.26. The average Bonchev–Trinajstić information content (AvgIpc) is 2.93. The van der Waals surface area contributed by atoms with Crippen LogP contribution in [0.1, 0.15) is 58.8 Å². The standard InChI is InChI=1S/C20H25NO3S/c1-6-12(2)16-9-7-8-10-18(16)21-19(22)14(4)24-20(23)17-11-13(3)25-15(17)5/h7-12,14H,6H2,1-5H3,(H,21,22). The Balaban J connectivity index is 2.06. The van der Waals surface area contributed by atoms with E-state index in [4.69, 9.17) is 4.74 Å². The third kappa shape index (κ3) is 4.69. The quantitative estimate of drug-likeness (QED) is 0.733. The summed E-state index contributed by atoms with van der Waals surface area (Å²) < 4.78 is 5.35. The number of para-hydroxylation sites is 1. The molecule has 5 heteroatoms. The third-order valence-electron chi connectivity index (χ3n) is 4.28. The van der Waals surface area contributed by atoms with Crippen LogP contribution in [0.25, 0.3) is 0 Å². The minimum Gasteiger partial charge on any atom is -0.449 e. The molecule has 1 amide bonds. The van der Waals surface area contributed by atoms with Crippen molar-refractivity contribution in [2.24, 2.45) is 0 Å². The van der Waals surface area contributed by atoms with E-state index < -0.39 is 12.1 Å². The molecular formula is C20H25NO3S. The molecule has 0 aliphatic carbocycles. The summed E-state index contributed by atoms with van der Waals surface area (Å²) in [4.78, 5) is 26.7. The predicted octanol–water partition coefficient (Wildman–Crippen LogP) is 5.06. The van der Waals surface area contributed by atoms with Gasteiger partial charge in [0.25, 0.3) is 5.91 Å². The Hall–Kier alpha value is -2.14. The van der Waals surface area contributed by atoms with Gasteiger partial charge in [-0.2, -0.15) is 0 Å². The molecule has 1 heterocycles. The second kappa shape index (κ2) is 8.30. The van der Waals surface area contributed by atoms with Gasteiger partial charge in [0, 0.05) is 15.4 Å². The lowest BCUT2D eigenvalue weighted by Crippen LogP contribution is -2.30. The highest BCUT2D eigenvalue weighted by Gasteiger charge is 2.22. The highest BCUT2D eigenvalue weighted by molar-refractivity contribution is 7.12. The number of amides is 1. The van der Waals surface area contributed by atoms with Gasteiger partial charge < -0.3 is 10.1 Å².